The van der Waals surface area contributed by atoms with Gasteiger partial charge in [-0.15, -0.1) is 0 Å². The van der Waals surface area contributed by atoms with E-state index >= 15 is 0 Å². The number of ether oxygens (including phenoxy) is 2. The van der Waals surface area contributed by atoms with Crippen molar-refractivity contribution in [2.75, 3.05) is 14.2 Å². The van der Waals surface area contributed by atoms with Gasteiger partial charge in [-0.25, -0.2) is 0 Å². The van der Waals surface area contributed by atoms with Gasteiger partial charge in [0.1, 0.15) is 0 Å². The molecule has 1 aromatic carbocycles. The Morgan fingerprint density at radius 3 is 2.38 bits per heavy atom. The summed E-state index contributed by atoms with van der Waals surface area (Å²) in [5, 5.41) is 20.4. The molecule has 0 saturated heterocycles. The van der Waals surface area contributed by atoms with Gasteiger partial charge < -0.3 is 14.6 Å². The number of rotatable bonds is 4. The molecule has 114 valence electrons. The highest BCUT2D eigenvalue weighted by atomic mass is 16.5. The van der Waals surface area contributed by atoms with E-state index in [0.29, 0.717) is 23.0 Å². The summed E-state index contributed by atoms with van der Waals surface area (Å²) in [6.07, 6.45) is 2.64. The molecule has 1 saturated carbocycles. The zero-order chi connectivity index (χ0) is 15.5. The van der Waals surface area contributed by atoms with Crippen LogP contribution in [-0.4, -0.2) is 19.3 Å². The minimum atomic E-state index is -0.796. The molecule has 0 aliphatic heterocycles. The fourth-order valence-corrected chi connectivity index (χ4v) is 3.07. The molecule has 2 rings (SSSR count). The zero-order valence-electron chi connectivity index (χ0n) is 12.9. The molecule has 0 heterocycles. The molecule has 1 fully saturated rings. The molecule has 1 unspecified atom stereocenters. The molecule has 1 N–H and O–H groups in total. The third-order valence-electron chi connectivity index (χ3n) is 4.64. The quantitative estimate of drug-likeness (QED) is 0.922. The van der Waals surface area contributed by atoms with Gasteiger partial charge in [0.2, 0.25) is 0 Å². The number of methoxy groups -OCH3 is 2. The van der Waals surface area contributed by atoms with E-state index in [1.165, 1.54) is 0 Å². The van der Waals surface area contributed by atoms with Crippen molar-refractivity contribution in [1.82, 2.24) is 0 Å². The Hall–Kier alpha value is -1.73. The van der Waals surface area contributed by atoms with Gasteiger partial charge in [0.05, 0.1) is 31.8 Å². The first-order valence-electron chi connectivity index (χ1n) is 7.37. The SMILES string of the molecule is COc1ccc(C(O)C2(C#N)CCC(C)CC2)cc1OC. The molecule has 0 spiro atoms. The zero-order valence-corrected chi connectivity index (χ0v) is 12.9. The van der Waals surface area contributed by atoms with Crippen LogP contribution in [0.4, 0.5) is 0 Å². The first kappa shape index (κ1) is 15.7. The lowest BCUT2D eigenvalue weighted by molar-refractivity contribution is 0.0265. The van der Waals surface area contributed by atoms with Gasteiger partial charge in [0.25, 0.3) is 0 Å². The van der Waals surface area contributed by atoms with Crippen LogP contribution in [0.1, 0.15) is 44.3 Å². The fraction of sp³-hybridized carbons (Fsp3) is 0.588. The molecule has 4 heteroatoms. The van der Waals surface area contributed by atoms with E-state index in [-0.39, 0.29) is 0 Å². The van der Waals surface area contributed by atoms with Crippen LogP contribution in [-0.2, 0) is 0 Å². The molecule has 4 nitrogen and oxygen atoms in total. The maximum absolute atomic E-state index is 10.7. The van der Waals surface area contributed by atoms with Gasteiger partial charge in [-0.3, -0.25) is 0 Å². The van der Waals surface area contributed by atoms with Crippen LogP contribution in [0.3, 0.4) is 0 Å². The number of nitrogens with zero attached hydrogens (tertiary/aromatic N) is 1. The van der Waals surface area contributed by atoms with Crippen LogP contribution in [0, 0.1) is 22.7 Å². The van der Waals surface area contributed by atoms with Gasteiger partial charge in [-0.2, -0.15) is 5.26 Å². The summed E-state index contributed by atoms with van der Waals surface area (Å²) in [6, 6.07) is 7.73. The second-order valence-electron chi connectivity index (χ2n) is 5.97. The summed E-state index contributed by atoms with van der Waals surface area (Å²) >= 11 is 0. The molecule has 21 heavy (non-hydrogen) atoms. The van der Waals surface area contributed by atoms with Crippen molar-refractivity contribution in [3.8, 4) is 17.6 Å². The summed E-state index contributed by atoms with van der Waals surface area (Å²) in [5.41, 5.74) is 0.0234. The number of hydrogen-bond acceptors (Lipinski definition) is 4. The lowest BCUT2D eigenvalue weighted by Crippen LogP contribution is -2.32. The molecule has 1 aliphatic rings. The second kappa shape index (κ2) is 6.36. The van der Waals surface area contributed by atoms with Crippen LogP contribution in [0.5, 0.6) is 11.5 Å². The van der Waals surface area contributed by atoms with E-state index in [2.05, 4.69) is 13.0 Å². The molecule has 0 radical (unpaired) electrons. The van der Waals surface area contributed by atoms with E-state index in [4.69, 9.17) is 9.47 Å². The minimum Gasteiger partial charge on any atom is -0.493 e. The smallest absolute Gasteiger partial charge is 0.161 e. The predicted octanol–water partition coefficient (Wildman–Crippen LogP) is 3.46. The number of hydrogen-bond donors (Lipinski definition) is 1. The topological polar surface area (TPSA) is 62.5 Å². The largest absolute Gasteiger partial charge is 0.493 e. The molecule has 1 atom stereocenters. The highest BCUT2D eigenvalue weighted by molar-refractivity contribution is 5.44. The van der Waals surface area contributed by atoms with E-state index in [1.807, 2.05) is 6.07 Å². The highest BCUT2D eigenvalue weighted by Crippen LogP contribution is 2.48. The summed E-state index contributed by atoms with van der Waals surface area (Å²) in [6.45, 7) is 2.20. The minimum absolute atomic E-state index is 0.575. The summed E-state index contributed by atoms with van der Waals surface area (Å²) in [4.78, 5) is 0. The Kier molecular flexibility index (Phi) is 4.74. The van der Waals surface area contributed by atoms with Gasteiger partial charge in [0, 0.05) is 0 Å². The molecule has 0 amide bonds. The molecule has 0 aromatic heterocycles. The molecular weight excluding hydrogens is 266 g/mol. The van der Waals surface area contributed by atoms with E-state index in [9.17, 15) is 10.4 Å². The summed E-state index contributed by atoms with van der Waals surface area (Å²) in [5.74, 6) is 1.83. The number of aliphatic hydroxyl groups is 1. The predicted molar refractivity (Wildman–Crippen MR) is 80.2 cm³/mol. The van der Waals surface area contributed by atoms with Crippen molar-refractivity contribution >= 4 is 0 Å². The second-order valence-corrected chi connectivity index (χ2v) is 5.97. The van der Waals surface area contributed by atoms with Crippen LogP contribution < -0.4 is 9.47 Å². The van der Waals surface area contributed by atoms with Crippen molar-refractivity contribution in [3.63, 3.8) is 0 Å². The van der Waals surface area contributed by atoms with E-state index in [0.717, 1.165) is 25.7 Å². The lowest BCUT2D eigenvalue weighted by Gasteiger charge is -2.37. The van der Waals surface area contributed by atoms with Crippen molar-refractivity contribution in [1.29, 1.82) is 5.26 Å². The lowest BCUT2D eigenvalue weighted by atomic mass is 9.67. The number of aliphatic hydroxyl groups excluding tert-OH is 1. The highest BCUT2D eigenvalue weighted by Gasteiger charge is 2.41. The van der Waals surface area contributed by atoms with Crippen LogP contribution >= 0.6 is 0 Å². The fourth-order valence-electron chi connectivity index (χ4n) is 3.07. The van der Waals surface area contributed by atoms with Gasteiger partial charge >= 0.3 is 0 Å². The average molecular weight is 289 g/mol. The third-order valence-corrected chi connectivity index (χ3v) is 4.64. The molecule has 1 aliphatic carbocycles. The normalized spacial score (nSPS) is 26.7. The Bertz CT molecular complexity index is 527. The molecule has 0 bridgehead atoms. The maximum Gasteiger partial charge on any atom is 0.161 e. The average Bonchev–Trinajstić information content (AvgIpc) is 2.54. The molecular formula is C17H23NO3. The van der Waals surface area contributed by atoms with E-state index < -0.39 is 11.5 Å². The standard InChI is InChI=1S/C17H23NO3/c1-12-6-8-17(11-18,9-7-12)16(19)13-4-5-14(20-2)15(10-13)21-3/h4-5,10,12,16,19H,6-9H2,1-3H3. The van der Waals surface area contributed by atoms with Crippen molar-refractivity contribution in [3.05, 3.63) is 23.8 Å². The summed E-state index contributed by atoms with van der Waals surface area (Å²) < 4.78 is 10.5. The Labute approximate surface area is 126 Å². The van der Waals surface area contributed by atoms with Crippen LogP contribution in [0.15, 0.2) is 18.2 Å². The Morgan fingerprint density at radius 1 is 1.24 bits per heavy atom. The number of nitriles is 1. The monoisotopic (exact) mass is 289 g/mol. The Morgan fingerprint density at radius 2 is 1.86 bits per heavy atom. The molecule has 1 aromatic rings. The van der Waals surface area contributed by atoms with Crippen molar-refractivity contribution in [2.24, 2.45) is 11.3 Å². The van der Waals surface area contributed by atoms with Gasteiger partial charge in [-0.1, -0.05) is 13.0 Å². The third kappa shape index (κ3) is 2.98. The van der Waals surface area contributed by atoms with Gasteiger partial charge in [-0.05, 0) is 49.3 Å². The maximum atomic E-state index is 10.7. The van der Waals surface area contributed by atoms with Crippen LogP contribution in [0.25, 0.3) is 0 Å². The first-order valence-corrected chi connectivity index (χ1v) is 7.37. The van der Waals surface area contributed by atoms with Gasteiger partial charge in [0.15, 0.2) is 11.5 Å². The van der Waals surface area contributed by atoms with E-state index in [1.54, 1.807) is 26.4 Å². The summed E-state index contributed by atoms with van der Waals surface area (Å²) in [7, 11) is 3.14. The van der Waals surface area contributed by atoms with Crippen molar-refractivity contribution in [2.45, 2.75) is 38.7 Å². The first-order chi connectivity index (χ1) is 10.1. The van der Waals surface area contributed by atoms with Crippen LogP contribution in [0.2, 0.25) is 0 Å². The van der Waals surface area contributed by atoms with Crippen molar-refractivity contribution < 1.29 is 14.6 Å². The Balaban J connectivity index is 2.30. The number of benzene rings is 1.